The molecule has 0 aliphatic rings. The van der Waals surface area contributed by atoms with E-state index in [1.807, 2.05) is 6.92 Å². The second-order valence-corrected chi connectivity index (χ2v) is 4.55. The van der Waals surface area contributed by atoms with E-state index in [2.05, 4.69) is 31.2 Å². The van der Waals surface area contributed by atoms with Crippen LogP contribution in [-0.4, -0.2) is 12.6 Å². The van der Waals surface area contributed by atoms with E-state index in [4.69, 9.17) is 11.5 Å². The smallest absolute Gasteiger partial charge is 0.0110 e. The van der Waals surface area contributed by atoms with Gasteiger partial charge in [0.05, 0.1) is 0 Å². The Bertz CT molecular complexity index is 290. The van der Waals surface area contributed by atoms with Gasteiger partial charge in [0, 0.05) is 18.5 Å². The molecule has 0 heterocycles. The minimum absolute atomic E-state index is 0.117. The zero-order valence-electron chi connectivity index (χ0n) is 10.4. The fourth-order valence-corrected chi connectivity index (χ4v) is 1.97. The molecule has 0 aliphatic carbocycles. The number of hydrogen-bond acceptors (Lipinski definition) is 2. The van der Waals surface area contributed by atoms with E-state index in [1.165, 1.54) is 30.4 Å². The van der Waals surface area contributed by atoms with Gasteiger partial charge < -0.3 is 11.5 Å². The number of benzene rings is 1. The second-order valence-electron chi connectivity index (χ2n) is 4.55. The van der Waals surface area contributed by atoms with Gasteiger partial charge in [0.2, 0.25) is 0 Å². The highest BCUT2D eigenvalue weighted by atomic mass is 14.7. The lowest BCUT2D eigenvalue weighted by atomic mass is 9.92. The number of hydrogen-bond donors (Lipinski definition) is 2. The first-order valence-corrected chi connectivity index (χ1v) is 6.23. The molecule has 4 N–H and O–H groups in total. The Labute approximate surface area is 99.0 Å². The van der Waals surface area contributed by atoms with Crippen LogP contribution in [0.5, 0.6) is 0 Å². The summed E-state index contributed by atoms with van der Waals surface area (Å²) in [7, 11) is 0. The van der Waals surface area contributed by atoms with Crippen molar-refractivity contribution in [1.29, 1.82) is 0 Å². The maximum absolute atomic E-state index is 5.92. The summed E-state index contributed by atoms with van der Waals surface area (Å²) in [5.74, 6) is 0.278. The molecule has 16 heavy (non-hydrogen) atoms. The van der Waals surface area contributed by atoms with Crippen molar-refractivity contribution in [2.45, 2.75) is 45.1 Å². The Hall–Kier alpha value is -0.860. The number of aryl methyl sites for hydroxylation is 1. The van der Waals surface area contributed by atoms with Crippen molar-refractivity contribution in [1.82, 2.24) is 0 Å². The Morgan fingerprint density at radius 3 is 2.25 bits per heavy atom. The molecule has 2 atom stereocenters. The van der Waals surface area contributed by atoms with Gasteiger partial charge in [0.1, 0.15) is 0 Å². The van der Waals surface area contributed by atoms with Crippen LogP contribution in [0.4, 0.5) is 0 Å². The minimum Gasteiger partial charge on any atom is -0.330 e. The SMILES string of the molecule is CCCCc1ccc(C(CN)C(C)N)cc1. The largest absolute Gasteiger partial charge is 0.330 e. The van der Waals surface area contributed by atoms with Crippen LogP contribution in [-0.2, 0) is 6.42 Å². The molecule has 0 bridgehead atoms. The molecule has 0 saturated heterocycles. The Morgan fingerprint density at radius 2 is 1.81 bits per heavy atom. The molecule has 0 amide bonds. The summed E-state index contributed by atoms with van der Waals surface area (Å²) in [6, 6.07) is 8.87. The molecule has 0 aromatic heterocycles. The number of nitrogens with two attached hydrogens (primary N) is 2. The van der Waals surface area contributed by atoms with E-state index in [0.717, 1.165) is 0 Å². The number of unbranched alkanes of at least 4 members (excludes halogenated alkanes) is 1. The number of rotatable bonds is 6. The summed E-state index contributed by atoms with van der Waals surface area (Å²) in [5, 5.41) is 0. The predicted molar refractivity (Wildman–Crippen MR) is 70.5 cm³/mol. The normalized spacial score (nSPS) is 14.8. The maximum Gasteiger partial charge on any atom is 0.0110 e. The highest BCUT2D eigenvalue weighted by Gasteiger charge is 2.13. The van der Waals surface area contributed by atoms with E-state index >= 15 is 0 Å². The lowest BCUT2D eigenvalue weighted by Gasteiger charge is -2.19. The third-order valence-corrected chi connectivity index (χ3v) is 3.12. The lowest BCUT2D eigenvalue weighted by molar-refractivity contribution is 0.576. The third-order valence-electron chi connectivity index (χ3n) is 3.12. The van der Waals surface area contributed by atoms with Crippen LogP contribution in [0.2, 0.25) is 0 Å². The molecule has 0 spiro atoms. The van der Waals surface area contributed by atoms with Crippen molar-refractivity contribution in [3.63, 3.8) is 0 Å². The van der Waals surface area contributed by atoms with Gasteiger partial charge in [-0.05, 0) is 30.9 Å². The molecule has 1 rings (SSSR count). The quantitative estimate of drug-likeness (QED) is 0.773. The molecule has 0 aliphatic heterocycles. The predicted octanol–water partition coefficient (Wildman–Crippen LogP) is 2.42. The standard InChI is InChI=1S/C14H24N2/c1-3-4-5-12-6-8-13(9-7-12)14(10-15)11(2)16/h6-9,11,14H,3-5,10,15-16H2,1-2H3. The fourth-order valence-electron chi connectivity index (χ4n) is 1.97. The van der Waals surface area contributed by atoms with Gasteiger partial charge in [-0.25, -0.2) is 0 Å². The lowest BCUT2D eigenvalue weighted by Crippen LogP contribution is -2.30. The van der Waals surface area contributed by atoms with E-state index < -0.39 is 0 Å². The van der Waals surface area contributed by atoms with Crippen LogP contribution in [0, 0.1) is 0 Å². The first-order chi connectivity index (χ1) is 7.69. The van der Waals surface area contributed by atoms with E-state index in [9.17, 15) is 0 Å². The van der Waals surface area contributed by atoms with Gasteiger partial charge in [-0.1, -0.05) is 37.6 Å². The van der Waals surface area contributed by atoms with E-state index in [1.54, 1.807) is 0 Å². The average Bonchev–Trinajstić information content (AvgIpc) is 2.28. The van der Waals surface area contributed by atoms with Crippen LogP contribution >= 0.6 is 0 Å². The van der Waals surface area contributed by atoms with Gasteiger partial charge in [0.25, 0.3) is 0 Å². The molecular formula is C14H24N2. The van der Waals surface area contributed by atoms with Crippen LogP contribution in [0.25, 0.3) is 0 Å². The highest BCUT2D eigenvalue weighted by Crippen LogP contribution is 2.18. The Morgan fingerprint density at radius 1 is 1.19 bits per heavy atom. The van der Waals surface area contributed by atoms with E-state index in [-0.39, 0.29) is 12.0 Å². The van der Waals surface area contributed by atoms with Crippen molar-refractivity contribution in [2.75, 3.05) is 6.54 Å². The van der Waals surface area contributed by atoms with Crippen LogP contribution in [0.3, 0.4) is 0 Å². The van der Waals surface area contributed by atoms with E-state index in [0.29, 0.717) is 6.54 Å². The molecule has 2 nitrogen and oxygen atoms in total. The third kappa shape index (κ3) is 3.62. The van der Waals surface area contributed by atoms with Crippen molar-refractivity contribution >= 4 is 0 Å². The summed E-state index contributed by atoms with van der Waals surface area (Å²) < 4.78 is 0. The van der Waals surface area contributed by atoms with Crippen LogP contribution < -0.4 is 11.5 Å². The van der Waals surface area contributed by atoms with Crippen molar-refractivity contribution in [2.24, 2.45) is 11.5 Å². The van der Waals surface area contributed by atoms with Crippen molar-refractivity contribution in [3.05, 3.63) is 35.4 Å². The van der Waals surface area contributed by atoms with Crippen molar-refractivity contribution < 1.29 is 0 Å². The average molecular weight is 220 g/mol. The maximum atomic E-state index is 5.92. The molecule has 90 valence electrons. The summed E-state index contributed by atoms with van der Waals surface area (Å²) in [6.07, 6.45) is 3.67. The summed E-state index contributed by atoms with van der Waals surface area (Å²) in [4.78, 5) is 0. The summed E-state index contributed by atoms with van der Waals surface area (Å²) in [5.41, 5.74) is 14.3. The highest BCUT2D eigenvalue weighted by molar-refractivity contribution is 5.26. The second kappa shape index (κ2) is 6.66. The Kier molecular flexibility index (Phi) is 5.50. The first kappa shape index (κ1) is 13.2. The van der Waals surface area contributed by atoms with Gasteiger partial charge in [0.15, 0.2) is 0 Å². The molecule has 0 fully saturated rings. The Balaban J connectivity index is 2.69. The molecule has 1 aromatic carbocycles. The van der Waals surface area contributed by atoms with Gasteiger partial charge >= 0.3 is 0 Å². The zero-order valence-corrected chi connectivity index (χ0v) is 10.4. The van der Waals surface area contributed by atoms with Gasteiger partial charge in [-0.2, -0.15) is 0 Å². The first-order valence-electron chi connectivity index (χ1n) is 6.23. The molecule has 0 radical (unpaired) electrons. The zero-order chi connectivity index (χ0) is 12.0. The fraction of sp³-hybridized carbons (Fsp3) is 0.571. The minimum atomic E-state index is 0.117. The summed E-state index contributed by atoms with van der Waals surface area (Å²) in [6.45, 7) is 4.85. The summed E-state index contributed by atoms with van der Waals surface area (Å²) >= 11 is 0. The molecule has 2 heteroatoms. The van der Waals surface area contributed by atoms with Crippen molar-refractivity contribution in [3.8, 4) is 0 Å². The van der Waals surface area contributed by atoms with Crippen LogP contribution in [0.1, 0.15) is 43.7 Å². The molecule has 2 unspecified atom stereocenters. The topological polar surface area (TPSA) is 52.0 Å². The molecule has 1 aromatic rings. The van der Waals surface area contributed by atoms with Gasteiger partial charge in [-0.15, -0.1) is 0 Å². The molecular weight excluding hydrogens is 196 g/mol. The monoisotopic (exact) mass is 220 g/mol. The van der Waals surface area contributed by atoms with Gasteiger partial charge in [-0.3, -0.25) is 0 Å². The molecule has 0 saturated carbocycles. The van der Waals surface area contributed by atoms with Crippen LogP contribution in [0.15, 0.2) is 24.3 Å².